The Bertz CT molecular complexity index is 538. The Labute approximate surface area is 102 Å². The number of benzene rings is 1. The van der Waals surface area contributed by atoms with Crippen LogP contribution in [0, 0.1) is 0 Å². The molecule has 1 rings (SSSR count). The average molecular weight is 283 g/mol. The zero-order chi connectivity index (χ0) is 14.1. The molecule has 102 valence electrons. The van der Waals surface area contributed by atoms with Crippen molar-refractivity contribution >= 4 is 15.5 Å². The van der Waals surface area contributed by atoms with Gasteiger partial charge in [0.2, 0.25) is 0 Å². The maximum atomic E-state index is 12.4. The van der Waals surface area contributed by atoms with Crippen molar-refractivity contribution in [3.05, 3.63) is 23.8 Å². The quantitative estimate of drug-likeness (QED) is 0.823. The maximum Gasteiger partial charge on any atom is 0.416 e. The monoisotopic (exact) mass is 283 g/mol. The van der Waals surface area contributed by atoms with E-state index in [-0.39, 0.29) is 0 Å². The Hall–Kier alpha value is -1.28. The second-order valence-corrected chi connectivity index (χ2v) is 5.88. The summed E-state index contributed by atoms with van der Waals surface area (Å²) in [7, 11) is -3.89. The number of aliphatic hydroxyl groups is 1. The molecular weight excluding hydrogens is 271 g/mol. The highest BCUT2D eigenvalue weighted by molar-refractivity contribution is 7.91. The zero-order valence-electron chi connectivity index (χ0n) is 9.40. The fourth-order valence-corrected chi connectivity index (χ4v) is 2.92. The Kier molecular flexibility index (Phi) is 3.92. The van der Waals surface area contributed by atoms with E-state index in [0.29, 0.717) is 12.1 Å². The van der Waals surface area contributed by atoms with Gasteiger partial charge in [0.05, 0.1) is 28.0 Å². The van der Waals surface area contributed by atoms with Crippen molar-refractivity contribution in [2.75, 3.05) is 11.5 Å². The molecule has 0 heterocycles. The summed E-state index contributed by atoms with van der Waals surface area (Å²) in [5.41, 5.74) is 3.82. The number of hydrogen-bond donors (Lipinski definition) is 2. The van der Waals surface area contributed by atoms with E-state index in [4.69, 9.17) is 10.8 Å². The van der Waals surface area contributed by atoms with Crippen molar-refractivity contribution in [3.63, 3.8) is 0 Å². The Balaban J connectivity index is 3.22. The summed E-state index contributed by atoms with van der Waals surface area (Å²) in [5.74, 6) is -0.595. The van der Waals surface area contributed by atoms with Gasteiger partial charge in [0.1, 0.15) is 0 Å². The summed E-state index contributed by atoms with van der Waals surface area (Å²) >= 11 is 0. The lowest BCUT2D eigenvalue weighted by atomic mass is 10.2. The van der Waals surface area contributed by atoms with E-state index >= 15 is 0 Å². The molecule has 0 saturated heterocycles. The molecule has 4 nitrogen and oxygen atoms in total. The van der Waals surface area contributed by atoms with Gasteiger partial charge in [-0.1, -0.05) is 0 Å². The first-order valence-electron chi connectivity index (χ1n) is 4.91. The van der Waals surface area contributed by atoms with Crippen LogP contribution in [-0.4, -0.2) is 25.4 Å². The van der Waals surface area contributed by atoms with Crippen LogP contribution in [0.3, 0.4) is 0 Å². The van der Waals surface area contributed by atoms with E-state index in [0.717, 1.165) is 6.07 Å². The van der Waals surface area contributed by atoms with Gasteiger partial charge < -0.3 is 10.8 Å². The lowest BCUT2D eigenvalue weighted by Gasteiger charge is -2.12. The Morgan fingerprint density at radius 2 is 1.94 bits per heavy atom. The molecule has 0 aliphatic carbocycles. The van der Waals surface area contributed by atoms with E-state index < -0.39 is 44.0 Å². The number of anilines is 1. The van der Waals surface area contributed by atoms with Gasteiger partial charge in [0.15, 0.2) is 9.84 Å². The second-order valence-electron chi connectivity index (χ2n) is 3.88. The third-order valence-electron chi connectivity index (χ3n) is 2.13. The molecule has 0 amide bonds. The standard InChI is InChI=1S/C10H12F3NO3S/c1-6(15)5-18(16,17)9-3-2-7(4-8(9)14)10(11,12)13/h2-4,6,15H,5,14H2,1H3. The van der Waals surface area contributed by atoms with Gasteiger partial charge in [0, 0.05) is 0 Å². The summed E-state index contributed by atoms with van der Waals surface area (Å²) in [6.07, 6.45) is -5.71. The predicted octanol–water partition coefficient (Wildman–Crippen LogP) is 1.44. The molecule has 0 fully saturated rings. The highest BCUT2D eigenvalue weighted by atomic mass is 32.2. The molecule has 0 aliphatic rings. The van der Waals surface area contributed by atoms with Gasteiger partial charge in [-0.25, -0.2) is 8.42 Å². The molecular formula is C10H12F3NO3S. The molecule has 18 heavy (non-hydrogen) atoms. The molecule has 8 heteroatoms. The first-order valence-corrected chi connectivity index (χ1v) is 6.57. The van der Waals surface area contributed by atoms with E-state index in [2.05, 4.69) is 0 Å². The number of rotatable bonds is 3. The fraction of sp³-hybridized carbons (Fsp3) is 0.400. The average Bonchev–Trinajstić information content (AvgIpc) is 2.13. The summed E-state index contributed by atoms with van der Waals surface area (Å²) < 4.78 is 60.5. The number of aliphatic hydroxyl groups excluding tert-OH is 1. The number of halogens is 3. The molecule has 1 aromatic rings. The topological polar surface area (TPSA) is 80.4 Å². The van der Waals surface area contributed by atoms with Gasteiger partial charge in [-0.05, 0) is 25.1 Å². The molecule has 0 aliphatic heterocycles. The van der Waals surface area contributed by atoms with E-state index in [1.54, 1.807) is 0 Å². The zero-order valence-corrected chi connectivity index (χ0v) is 10.2. The van der Waals surface area contributed by atoms with Crippen LogP contribution >= 0.6 is 0 Å². The number of nitrogen functional groups attached to an aromatic ring is 1. The third kappa shape index (κ3) is 3.36. The molecule has 0 aromatic heterocycles. The number of sulfone groups is 1. The van der Waals surface area contributed by atoms with Crippen LogP contribution in [0.1, 0.15) is 12.5 Å². The predicted molar refractivity (Wildman–Crippen MR) is 59.6 cm³/mol. The Morgan fingerprint density at radius 1 is 1.39 bits per heavy atom. The van der Waals surface area contributed by atoms with Crippen molar-refractivity contribution in [2.24, 2.45) is 0 Å². The minimum absolute atomic E-state index is 0.406. The minimum Gasteiger partial charge on any atom is -0.398 e. The van der Waals surface area contributed by atoms with Crippen LogP contribution < -0.4 is 5.73 Å². The summed E-state index contributed by atoms with van der Waals surface area (Å²) in [6.45, 7) is 1.26. The van der Waals surface area contributed by atoms with Gasteiger partial charge >= 0.3 is 6.18 Å². The van der Waals surface area contributed by atoms with Crippen LogP contribution in [0.5, 0.6) is 0 Å². The van der Waals surface area contributed by atoms with Crippen molar-refractivity contribution in [1.29, 1.82) is 0 Å². The lowest BCUT2D eigenvalue weighted by molar-refractivity contribution is -0.137. The van der Waals surface area contributed by atoms with E-state index in [9.17, 15) is 21.6 Å². The SMILES string of the molecule is CC(O)CS(=O)(=O)c1ccc(C(F)(F)F)cc1N. The van der Waals surface area contributed by atoms with Crippen LogP contribution in [-0.2, 0) is 16.0 Å². The fourth-order valence-electron chi connectivity index (χ4n) is 1.42. The first kappa shape index (κ1) is 14.8. The molecule has 0 radical (unpaired) electrons. The molecule has 0 bridgehead atoms. The first-order chi connectivity index (χ1) is 8.04. The molecule has 3 N–H and O–H groups in total. The third-order valence-corrected chi connectivity index (χ3v) is 4.10. The van der Waals surface area contributed by atoms with Crippen molar-refractivity contribution in [3.8, 4) is 0 Å². The van der Waals surface area contributed by atoms with Gasteiger partial charge in [-0.2, -0.15) is 13.2 Å². The van der Waals surface area contributed by atoms with Gasteiger partial charge in [0.25, 0.3) is 0 Å². The van der Waals surface area contributed by atoms with Crippen molar-refractivity contribution < 1.29 is 26.7 Å². The smallest absolute Gasteiger partial charge is 0.398 e. The largest absolute Gasteiger partial charge is 0.416 e. The van der Waals surface area contributed by atoms with Crippen LogP contribution in [0.4, 0.5) is 18.9 Å². The number of nitrogens with two attached hydrogens (primary N) is 1. The van der Waals surface area contributed by atoms with Crippen molar-refractivity contribution in [1.82, 2.24) is 0 Å². The maximum absolute atomic E-state index is 12.4. The normalized spacial score (nSPS) is 14.5. The van der Waals surface area contributed by atoms with Gasteiger partial charge in [-0.3, -0.25) is 0 Å². The van der Waals surface area contributed by atoms with Crippen LogP contribution in [0.15, 0.2) is 23.1 Å². The summed E-state index contributed by atoms with van der Waals surface area (Å²) in [5, 5.41) is 9.02. The lowest BCUT2D eigenvalue weighted by Crippen LogP contribution is -2.19. The summed E-state index contributed by atoms with van der Waals surface area (Å²) in [6, 6.07) is 2.01. The van der Waals surface area contributed by atoms with Crippen LogP contribution in [0.25, 0.3) is 0 Å². The van der Waals surface area contributed by atoms with E-state index in [1.165, 1.54) is 6.92 Å². The van der Waals surface area contributed by atoms with Gasteiger partial charge in [-0.15, -0.1) is 0 Å². The highest BCUT2D eigenvalue weighted by Crippen LogP contribution is 2.32. The minimum atomic E-state index is -4.58. The van der Waals surface area contributed by atoms with Crippen LogP contribution in [0.2, 0.25) is 0 Å². The Morgan fingerprint density at radius 3 is 2.33 bits per heavy atom. The molecule has 0 saturated carbocycles. The van der Waals surface area contributed by atoms with E-state index in [1.807, 2.05) is 0 Å². The number of hydrogen-bond acceptors (Lipinski definition) is 4. The summed E-state index contributed by atoms with van der Waals surface area (Å²) in [4.78, 5) is -0.406. The molecule has 1 aromatic carbocycles. The molecule has 0 spiro atoms. The second kappa shape index (κ2) is 4.77. The highest BCUT2D eigenvalue weighted by Gasteiger charge is 2.32. The molecule has 1 unspecified atom stereocenters. The van der Waals surface area contributed by atoms with Crippen molar-refractivity contribution in [2.45, 2.75) is 24.1 Å². The molecule has 1 atom stereocenters. The number of alkyl halides is 3.